The quantitative estimate of drug-likeness (QED) is 0.765. The number of aryl methyl sites for hydroxylation is 2. The van der Waals surface area contributed by atoms with E-state index < -0.39 is 0 Å². The fraction of sp³-hybridized carbons (Fsp3) is 0.286. The van der Waals surface area contributed by atoms with Gasteiger partial charge < -0.3 is 0 Å². The first-order valence-electron chi connectivity index (χ1n) is 5.77. The second kappa shape index (κ2) is 3.97. The number of nitrogens with zero attached hydrogens (tertiary/aromatic N) is 2. The average molecular weight is 240 g/mol. The molecule has 1 aliphatic carbocycles. The summed E-state index contributed by atoms with van der Waals surface area (Å²) in [5.41, 5.74) is 4.69. The average Bonchev–Trinajstić information content (AvgIpc) is 2.95. The topological polar surface area (TPSA) is 36.7 Å². The molecule has 0 spiro atoms. The molecule has 0 saturated heterocycles. The zero-order valence-electron chi connectivity index (χ0n) is 9.66. The number of fused-ring (bicyclic) bond motifs is 1. The molecule has 0 amide bonds. The van der Waals surface area contributed by atoms with Gasteiger partial charge in [0.2, 0.25) is 0 Å². The van der Waals surface area contributed by atoms with Crippen LogP contribution >= 0.6 is 11.3 Å². The Bertz CT molecular complexity index is 620. The third-order valence-corrected chi connectivity index (χ3v) is 4.20. The summed E-state index contributed by atoms with van der Waals surface area (Å²) in [7, 11) is 0. The van der Waals surface area contributed by atoms with Crippen LogP contribution < -0.4 is 0 Å². The van der Waals surface area contributed by atoms with E-state index in [1.54, 1.807) is 11.3 Å². The molecule has 3 heteroatoms. The van der Waals surface area contributed by atoms with Crippen LogP contribution in [0.5, 0.6) is 0 Å². The van der Waals surface area contributed by atoms with Crippen LogP contribution in [0.2, 0.25) is 0 Å². The van der Waals surface area contributed by atoms with E-state index in [1.165, 1.54) is 17.5 Å². The number of hydrogen-bond donors (Lipinski definition) is 0. The molecule has 3 rings (SSSR count). The van der Waals surface area contributed by atoms with E-state index in [0.29, 0.717) is 0 Å². The number of rotatable bonds is 1. The molecule has 84 valence electrons. The van der Waals surface area contributed by atoms with Crippen LogP contribution in [0, 0.1) is 18.3 Å². The lowest BCUT2D eigenvalue weighted by Gasteiger charge is -2.08. The van der Waals surface area contributed by atoms with Gasteiger partial charge in [-0.15, -0.1) is 11.3 Å². The Morgan fingerprint density at radius 3 is 2.94 bits per heavy atom. The zero-order chi connectivity index (χ0) is 11.8. The monoisotopic (exact) mass is 240 g/mol. The van der Waals surface area contributed by atoms with Crippen molar-refractivity contribution in [1.29, 1.82) is 5.26 Å². The highest BCUT2D eigenvalue weighted by Crippen LogP contribution is 2.37. The Labute approximate surface area is 105 Å². The van der Waals surface area contributed by atoms with Crippen LogP contribution in [0.25, 0.3) is 10.4 Å². The minimum absolute atomic E-state index is 0.786. The summed E-state index contributed by atoms with van der Waals surface area (Å²) in [5.74, 6) is 0. The fourth-order valence-electron chi connectivity index (χ4n) is 2.52. The van der Waals surface area contributed by atoms with Gasteiger partial charge in [-0.3, -0.25) is 0 Å². The number of aromatic nitrogens is 1. The van der Waals surface area contributed by atoms with Crippen molar-refractivity contribution in [2.75, 3.05) is 0 Å². The van der Waals surface area contributed by atoms with E-state index >= 15 is 0 Å². The maximum absolute atomic E-state index is 9.25. The van der Waals surface area contributed by atoms with Gasteiger partial charge in [-0.2, -0.15) is 5.26 Å². The molecule has 0 radical (unpaired) electrons. The van der Waals surface area contributed by atoms with E-state index in [2.05, 4.69) is 17.1 Å². The highest BCUT2D eigenvalue weighted by Gasteiger charge is 2.20. The van der Waals surface area contributed by atoms with Gasteiger partial charge in [0.1, 0.15) is 0 Å². The SMILES string of the molecule is Cc1ncc(-c2c(C#N)ccc3c2CCC3)s1. The summed E-state index contributed by atoms with van der Waals surface area (Å²) < 4.78 is 0. The zero-order valence-corrected chi connectivity index (χ0v) is 10.5. The molecule has 0 fully saturated rings. The molecule has 0 saturated carbocycles. The van der Waals surface area contributed by atoms with Crippen molar-refractivity contribution in [2.24, 2.45) is 0 Å². The van der Waals surface area contributed by atoms with Gasteiger partial charge in [0.05, 0.1) is 21.5 Å². The Hall–Kier alpha value is -1.66. The lowest BCUT2D eigenvalue weighted by molar-refractivity contribution is 0.912. The van der Waals surface area contributed by atoms with Gasteiger partial charge >= 0.3 is 0 Å². The fourth-order valence-corrected chi connectivity index (χ4v) is 3.38. The van der Waals surface area contributed by atoms with Gasteiger partial charge in [0.25, 0.3) is 0 Å². The number of nitriles is 1. The predicted molar refractivity (Wildman–Crippen MR) is 69.0 cm³/mol. The largest absolute Gasteiger partial charge is 0.249 e. The summed E-state index contributed by atoms with van der Waals surface area (Å²) in [4.78, 5) is 5.44. The van der Waals surface area contributed by atoms with Crippen molar-refractivity contribution in [2.45, 2.75) is 26.2 Å². The van der Waals surface area contributed by atoms with Crippen LogP contribution in [0.15, 0.2) is 18.3 Å². The van der Waals surface area contributed by atoms with Crippen molar-refractivity contribution in [3.63, 3.8) is 0 Å². The van der Waals surface area contributed by atoms with E-state index in [9.17, 15) is 5.26 Å². The number of thiazole rings is 1. The summed E-state index contributed by atoms with van der Waals surface area (Å²) >= 11 is 1.67. The smallest absolute Gasteiger partial charge is 0.0998 e. The maximum atomic E-state index is 9.25. The van der Waals surface area contributed by atoms with Crippen molar-refractivity contribution >= 4 is 11.3 Å². The van der Waals surface area contributed by atoms with Crippen LogP contribution in [0.1, 0.15) is 28.1 Å². The van der Waals surface area contributed by atoms with Crippen LogP contribution in [0.3, 0.4) is 0 Å². The van der Waals surface area contributed by atoms with Crippen molar-refractivity contribution in [3.05, 3.63) is 40.0 Å². The Morgan fingerprint density at radius 2 is 2.24 bits per heavy atom. The van der Waals surface area contributed by atoms with E-state index in [4.69, 9.17) is 0 Å². The van der Waals surface area contributed by atoms with Gasteiger partial charge in [-0.1, -0.05) is 6.07 Å². The minimum Gasteiger partial charge on any atom is -0.249 e. The van der Waals surface area contributed by atoms with Gasteiger partial charge in [0, 0.05) is 11.8 Å². The molecule has 0 unspecified atom stereocenters. The standard InChI is InChI=1S/C14H12N2S/c1-9-16-8-13(17-9)14-11(7-15)6-5-10-3-2-4-12(10)14/h5-6,8H,2-4H2,1H3. The molecular weight excluding hydrogens is 228 g/mol. The molecule has 0 atom stereocenters. The predicted octanol–water partition coefficient (Wildman–Crippen LogP) is 3.48. The lowest BCUT2D eigenvalue weighted by atomic mass is 9.97. The van der Waals surface area contributed by atoms with Gasteiger partial charge in [-0.05, 0) is 43.4 Å². The highest BCUT2D eigenvalue weighted by molar-refractivity contribution is 7.15. The molecule has 0 bridgehead atoms. The Morgan fingerprint density at radius 1 is 1.35 bits per heavy atom. The minimum atomic E-state index is 0.786. The molecule has 1 heterocycles. The second-order valence-electron chi connectivity index (χ2n) is 4.33. The van der Waals surface area contributed by atoms with Gasteiger partial charge in [-0.25, -0.2) is 4.98 Å². The van der Waals surface area contributed by atoms with Crippen LogP contribution in [-0.4, -0.2) is 4.98 Å². The summed E-state index contributed by atoms with van der Waals surface area (Å²) in [6.07, 6.45) is 5.34. The lowest BCUT2D eigenvalue weighted by Crippen LogP contribution is -1.91. The van der Waals surface area contributed by atoms with Crippen LogP contribution in [0.4, 0.5) is 0 Å². The first-order chi connectivity index (χ1) is 8.29. The van der Waals surface area contributed by atoms with Crippen molar-refractivity contribution in [3.8, 4) is 16.5 Å². The van der Waals surface area contributed by atoms with E-state index in [1.807, 2.05) is 19.2 Å². The summed E-state index contributed by atoms with van der Waals surface area (Å²) in [6.45, 7) is 2.00. The molecule has 2 nitrogen and oxygen atoms in total. The van der Waals surface area contributed by atoms with Crippen LogP contribution in [-0.2, 0) is 12.8 Å². The second-order valence-corrected chi connectivity index (χ2v) is 5.57. The summed E-state index contributed by atoms with van der Waals surface area (Å²) in [6, 6.07) is 6.37. The highest BCUT2D eigenvalue weighted by atomic mass is 32.1. The molecule has 2 aromatic rings. The third-order valence-electron chi connectivity index (χ3n) is 3.27. The molecule has 1 aromatic heterocycles. The normalized spacial score (nSPS) is 13.4. The Kier molecular flexibility index (Phi) is 2.45. The molecule has 1 aromatic carbocycles. The molecule has 1 aliphatic rings. The van der Waals surface area contributed by atoms with Crippen molar-refractivity contribution in [1.82, 2.24) is 4.98 Å². The third kappa shape index (κ3) is 1.65. The summed E-state index contributed by atoms with van der Waals surface area (Å²) in [5, 5.41) is 10.3. The molecule has 0 aliphatic heterocycles. The number of hydrogen-bond acceptors (Lipinski definition) is 3. The van der Waals surface area contributed by atoms with E-state index in [-0.39, 0.29) is 0 Å². The first kappa shape index (κ1) is 10.5. The molecule has 17 heavy (non-hydrogen) atoms. The van der Waals surface area contributed by atoms with Gasteiger partial charge in [0.15, 0.2) is 0 Å². The Balaban J connectivity index is 2.27. The van der Waals surface area contributed by atoms with Crippen molar-refractivity contribution < 1.29 is 0 Å². The first-order valence-corrected chi connectivity index (χ1v) is 6.59. The maximum Gasteiger partial charge on any atom is 0.0998 e. The molecule has 0 N–H and O–H groups in total. The number of benzene rings is 1. The molecular formula is C14H12N2S. The van der Waals surface area contributed by atoms with E-state index in [0.717, 1.165) is 33.9 Å².